The second-order valence-corrected chi connectivity index (χ2v) is 10.5. The maximum Gasteiger partial charge on any atom is 0.270 e. The van der Waals surface area contributed by atoms with Gasteiger partial charge in [0, 0.05) is 30.7 Å². The number of likely N-dealkylation sites (N-methyl/N-ethyl adjacent to an activating group) is 1. The highest BCUT2D eigenvalue weighted by atomic mass is 16.2. The van der Waals surface area contributed by atoms with Gasteiger partial charge in [0.1, 0.15) is 5.69 Å². The molecule has 4 aliphatic rings. The molecule has 0 aromatic carbocycles. The number of pyridine rings is 1. The van der Waals surface area contributed by atoms with Crippen molar-refractivity contribution in [2.75, 3.05) is 7.05 Å². The quantitative estimate of drug-likeness (QED) is 0.811. The Kier molecular flexibility index (Phi) is 4.57. The highest BCUT2D eigenvalue weighted by molar-refractivity contribution is 5.92. The normalized spacial score (nSPS) is 42.3. The van der Waals surface area contributed by atoms with E-state index in [0.717, 1.165) is 19.3 Å². The molecule has 160 valence electrons. The number of nitrogens with one attached hydrogen (secondary N) is 1. The summed E-state index contributed by atoms with van der Waals surface area (Å²) in [5.41, 5.74) is 0.725. The molecular formula is C25H33N3O2. The van der Waals surface area contributed by atoms with Crippen LogP contribution in [0.3, 0.4) is 0 Å². The lowest BCUT2D eigenvalue weighted by atomic mass is 9.48. The van der Waals surface area contributed by atoms with Crippen LogP contribution in [0.15, 0.2) is 36.5 Å². The van der Waals surface area contributed by atoms with E-state index >= 15 is 0 Å². The van der Waals surface area contributed by atoms with Crippen molar-refractivity contribution < 1.29 is 9.59 Å². The Morgan fingerprint density at radius 3 is 2.73 bits per heavy atom. The number of amides is 2. The van der Waals surface area contributed by atoms with E-state index in [1.54, 1.807) is 18.3 Å². The van der Waals surface area contributed by atoms with Gasteiger partial charge in [-0.15, -0.1) is 0 Å². The van der Waals surface area contributed by atoms with Crippen LogP contribution in [0.4, 0.5) is 0 Å². The lowest BCUT2D eigenvalue weighted by Crippen LogP contribution is -2.60. The average molecular weight is 408 g/mol. The van der Waals surface area contributed by atoms with Gasteiger partial charge in [-0.25, -0.2) is 0 Å². The molecule has 5 nitrogen and oxygen atoms in total. The predicted octanol–water partition coefficient (Wildman–Crippen LogP) is 3.82. The minimum absolute atomic E-state index is 0.0457. The fraction of sp³-hybridized carbons (Fsp3) is 0.640. The van der Waals surface area contributed by atoms with Crippen molar-refractivity contribution in [3.63, 3.8) is 0 Å². The summed E-state index contributed by atoms with van der Waals surface area (Å²) in [4.78, 5) is 31.2. The van der Waals surface area contributed by atoms with Gasteiger partial charge in [-0.2, -0.15) is 0 Å². The lowest BCUT2D eigenvalue weighted by Gasteiger charge is -2.60. The third-order valence-electron chi connectivity index (χ3n) is 9.33. The van der Waals surface area contributed by atoms with Crippen molar-refractivity contribution in [3.8, 4) is 0 Å². The summed E-state index contributed by atoms with van der Waals surface area (Å²) in [6.07, 6.45) is 12.5. The third kappa shape index (κ3) is 2.77. The molecule has 1 aromatic heterocycles. The zero-order valence-corrected chi connectivity index (χ0v) is 18.3. The van der Waals surface area contributed by atoms with E-state index < -0.39 is 0 Å². The Morgan fingerprint density at radius 2 is 1.97 bits per heavy atom. The fourth-order valence-corrected chi connectivity index (χ4v) is 7.70. The first-order valence-electron chi connectivity index (χ1n) is 11.5. The zero-order valence-electron chi connectivity index (χ0n) is 18.3. The Morgan fingerprint density at radius 1 is 1.13 bits per heavy atom. The van der Waals surface area contributed by atoms with E-state index in [0.29, 0.717) is 29.5 Å². The van der Waals surface area contributed by atoms with E-state index in [-0.39, 0.29) is 28.7 Å². The highest BCUT2D eigenvalue weighted by Gasteiger charge is 2.60. The first-order valence-corrected chi connectivity index (χ1v) is 11.5. The Hall–Kier alpha value is -2.17. The average Bonchev–Trinajstić information content (AvgIpc) is 3.08. The summed E-state index contributed by atoms with van der Waals surface area (Å²) in [5, 5.41) is 3.34. The standard InChI is InChI=1S/C25H33N3O2/c1-24-13-11-18-16(7-10-21-25(18,2)14-12-22(29)28(21)3)17(24)8-9-20(24)27-23(30)19-6-4-5-15-26-19/h4-6,12,14-18,20-21H,7-11,13H2,1-3H3,(H,27,30)/t16-,17-,18-,20?,21+,24-,25+/m0/s1. The number of nitrogens with zero attached hydrogens (tertiary/aromatic N) is 2. The minimum Gasteiger partial charge on any atom is -0.347 e. The van der Waals surface area contributed by atoms with Crippen LogP contribution in [-0.4, -0.2) is 40.8 Å². The van der Waals surface area contributed by atoms with Crippen molar-refractivity contribution in [2.24, 2.45) is 28.6 Å². The zero-order chi connectivity index (χ0) is 21.1. The lowest BCUT2D eigenvalue weighted by molar-refractivity contribution is -0.138. The number of hydrogen-bond donors (Lipinski definition) is 1. The molecule has 0 bridgehead atoms. The van der Waals surface area contributed by atoms with E-state index in [2.05, 4.69) is 30.2 Å². The highest BCUT2D eigenvalue weighted by Crippen LogP contribution is 2.63. The van der Waals surface area contributed by atoms with Gasteiger partial charge in [0.2, 0.25) is 5.91 Å². The number of hydrogen-bond acceptors (Lipinski definition) is 3. The summed E-state index contributed by atoms with van der Waals surface area (Å²) in [7, 11) is 1.97. The molecule has 2 amide bonds. The van der Waals surface area contributed by atoms with E-state index in [1.807, 2.05) is 24.1 Å². The van der Waals surface area contributed by atoms with E-state index in [1.165, 1.54) is 19.3 Å². The fourth-order valence-electron chi connectivity index (χ4n) is 7.70. The molecule has 3 aliphatic carbocycles. The van der Waals surface area contributed by atoms with Gasteiger partial charge in [-0.3, -0.25) is 14.6 Å². The molecule has 7 atom stereocenters. The molecule has 0 radical (unpaired) electrons. The molecule has 1 aliphatic heterocycles. The van der Waals surface area contributed by atoms with Gasteiger partial charge in [-0.05, 0) is 79.9 Å². The number of carbonyl (C=O) groups excluding carboxylic acids is 2. The first-order chi connectivity index (χ1) is 14.3. The van der Waals surface area contributed by atoms with Crippen LogP contribution in [-0.2, 0) is 4.79 Å². The second kappa shape index (κ2) is 6.93. The van der Waals surface area contributed by atoms with Gasteiger partial charge in [0.05, 0.1) is 0 Å². The van der Waals surface area contributed by atoms with Crippen molar-refractivity contribution in [1.29, 1.82) is 0 Å². The van der Waals surface area contributed by atoms with Gasteiger partial charge in [0.15, 0.2) is 0 Å². The molecule has 1 unspecified atom stereocenters. The third-order valence-corrected chi connectivity index (χ3v) is 9.33. The van der Waals surface area contributed by atoms with Crippen LogP contribution in [0, 0.1) is 28.6 Å². The molecule has 1 N–H and O–H groups in total. The van der Waals surface area contributed by atoms with Crippen LogP contribution >= 0.6 is 0 Å². The molecule has 0 spiro atoms. The van der Waals surface area contributed by atoms with Gasteiger partial charge in [0.25, 0.3) is 5.91 Å². The van der Waals surface area contributed by atoms with Crippen LogP contribution < -0.4 is 5.32 Å². The van der Waals surface area contributed by atoms with Crippen molar-refractivity contribution in [3.05, 3.63) is 42.2 Å². The molecular weight excluding hydrogens is 374 g/mol. The maximum atomic E-state index is 12.8. The van der Waals surface area contributed by atoms with Crippen molar-refractivity contribution in [1.82, 2.24) is 15.2 Å². The van der Waals surface area contributed by atoms with E-state index in [9.17, 15) is 9.59 Å². The number of aromatic nitrogens is 1. The number of rotatable bonds is 2. The molecule has 2 heterocycles. The first kappa shape index (κ1) is 19.8. The largest absolute Gasteiger partial charge is 0.347 e. The molecule has 5 rings (SSSR count). The Balaban J connectivity index is 1.37. The topological polar surface area (TPSA) is 62.3 Å². The van der Waals surface area contributed by atoms with Crippen LogP contribution in [0.25, 0.3) is 0 Å². The van der Waals surface area contributed by atoms with E-state index in [4.69, 9.17) is 0 Å². The second-order valence-electron chi connectivity index (χ2n) is 10.5. The summed E-state index contributed by atoms with van der Waals surface area (Å²) >= 11 is 0. The Bertz CT molecular complexity index is 884. The van der Waals surface area contributed by atoms with Gasteiger partial charge >= 0.3 is 0 Å². The number of fused-ring (bicyclic) bond motifs is 5. The van der Waals surface area contributed by atoms with Crippen molar-refractivity contribution >= 4 is 11.8 Å². The smallest absolute Gasteiger partial charge is 0.270 e. The SMILES string of the molecule is CN1C(=O)C=C[C@]2(C)[C@H]3CC[C@]4(C)C(NC(=O)c5ccccn5)CC[C@H]4[C@@H]3CC[C@@H]12. The maximum absolute atomic E-state index is 12.8. The molecule has 1 aromatic rings. The number of carbonyl (C=O) groups is 2. The van der Waals surface area contributed by atoms with Gasteiger partial charge in [-0.1, -0.05) is 26.0 Å². The van der Waals surface area contributed by atoms with Crippen LogP contribution in [0.2, 0.25) is 0 Å². The van der Waals surface area contributed by atoms with Gasteiger partial charge < -0.3 is 10.2 Å². The monoisotopic (exact) mass is 407 g/mol. The summed E-state index contributed by atoms with van der Waals surface area (Å²) in [6.45, 7) is 4.79. The summed E-state index contributed by atoms with van der Waals surface area (Å²) in [5.74, 6) is 2.03. The Labute approximate surface area is 179 Å². The van der Waals surface area contributed by atoms with Crippen molar-refractivity contribution in [2.45, 2.75) is 64.5 Å². The molecule has 3 fully saturated rings. The summed E-state index contributed by atoms with van der Waals surface area (Å²) < 4.78 is 0. The molecule has 5 heteroatoms. The minimum atomic E-state index is -0.0457. The molecule has 3 saturated carbocycles. The molecule has 30 heavy (non-hydrogen) atoms. The predicted molar refractivity (Wildman–Crippen MR) is 116 cm³/mol. The van der Waals surface area contributed by atoms with Crippen LogP contribution in [0.1, 0.15) is 62.9 Å². The molecule has 0 saturated heterocycles. The summed E-state index contributed by atoms with van der Waals surface area (Å²) in [6, 6.07) is 6.03. The van der Waals surface area contributed by atoms with Crippen LogP contribution in [0.5, 0.6) is 0 Å².